The van der Waals surface area contributed by atoms with Gasteiger partial charge < -0.3 is 15.0 Å². The van der Waals surface area contributed by atoms with Gasteiger partial charge in [-0.15, -0.1) is 0 Å². The molecule has 26 heavy (non-hydrogen) atoms. The highest BCUT2D eigenvalue weighted by atomic mass is 16.6. The topological polar surface area (TPSA) is 84.4 Å². The minimum atomic E-state index is -0.463. The van der Waals surface area contributed by atoms with Crippen molar-refractivity contribution in [1.82, 2.24) is 20.2 Å². The van der Waals surface area contributed by atoms with Crippen LogP contribution >= 0.6 is 0 Å². The van der Waals surface area contributed by atoms with Gasteiger partial charge in [-0.3, -0.25) is 9.59 Å². The lowest BCUT2D eigenvalue weighted by Gasteiger charge is -2.29. The van der Waals surface area contributed by atoms with Gasteiger partial charge in [0.1, 0.15) is 11.4 Å². The van der Waals surface area contributed by atoms with Crippen LogP contribution in [0.3, 0.4) is 0 Å². The smallest absolute Gasteiger partial charge is 0.310 e. The standard InChI is InChI=1S/C19H26N4O3/c1-19(2)9-12(18(25)26-19)8-16(24)23-7-5-14-13(11-23)10-21-17(22-14)15-4-3-6-20-15/h10,12,15,20H,3-9,11H2,1-2H3/t12-,15-/m1/s1. The average molecular weight is 358 g/mol. The molecular weight excluding hydrogens is 332 g/mol. The maximum Gasteiger partial charge on any atom is 0.310 e. The molecule has 0 saturated carbocycles. The van der Waals surface area contributed by atoms with Gasteiger partial charge in [-0.25, -0.2) is 9.97 Å². The number of hydrogen-bond acceptors (Lipinski definition) is 6. The summed E-state index contributed by atoms with van der Waals surface area (Å²) in [6, 6.07) is 0.261. The van der Waals surface area contributed by atoms with Crippen molar-refractivity contribution in [3.8, 4) is 0 Å². The van der Waals surface area contributed by atoms with Gasteiger partial charge in [-0.1, -0.05) is 0 Å². The van der Waals surface area contributed by atoms with Gasteiger partial charge in [0, 0.05) is 44.1 Å². The summed E-state index contributed by atoms with van der Waals surface area (Å²) in [6.45, 7) is 5.97. The Labute approximate surface area is 153 Å². The van der Waals surface area contributed by atoms with Gasteiger partial charge >= 0.3 is 5.97 Å². The molecule has 0 unspecified atom stereocenters. The van der Waals surface area contributed by atoms with Gasteiger partial charge in [-0.05, 0) is 33.2 Å². The van der Waals surface area contributed by atoms with Gasteiger partial charge in [0.15, 0.2) is 0 Å². The van der Waals surface area contributed by atoms with E-state index in [4.69, 9.17) is 9.72 Å². The molecule has 7 nitrogen and oxygen atoms in total. The molecule has 2 fully saturated rings. The fraction of sp³-hybridized carbons (Fsp3) is 0.684. The van der Waals surface area contributed by atoms with Crippen molar-refractivity contribution in [2.75, 3.05) is 13.1 Å². The number of amides is 1. The first-order chi connectivity index (χ1) is 12.4. The van der Waals surface area contributed by atoms with E-state index in [9.17, 15) is 9.59 Å². The second-order valence-electron chi connectivity index (χ2n) is 8.20. The Morgan fingerprint density at radius 3 is 3.00 bits per heavy atom. The van der Waals surface area contributed by atoms with Crippen LogP contribution in [-0.4, -0.2) is 45.4 Å². The molecule has 0 aliphatic carbocycles. The van der Waals surface area contributed by atoms with Crippen molar-refractivity contribution < 1.29 is 14.3 Å². The number of aromatic nitrogens is 2. The monoisotopic (exact) mass is 358 g/mol. The minimum absolute atomic E-state index is 0.0110. The molecule has 3 aliphatic rings. The number of rotatable bonds is 3. The Hall–Kier alpha value is -2.02. The number of nitrogens with zero attached hydrogens (tertiary/aromatic N) is 3. The largest absolute Gasteiger partial charge is 0.459 e. The van der Waals surface area contributed by atoms with Gasteiger partial charge in [0.05, 0.1) is 17.7 Å². The quantitative estimate of drug-likeness (QED) is 0.825. The third-order valence-electron chi connectivity index (χ3n) is 5.55. The van der Waals surface area contributed by atoms with Crippen LogP contribution in [0.25, 0.3) is 0 Å². The van der Waals surface area contributed by atoms with E-state index in [1.54, 1.807) is 0 Å². The summed E-state index contributed by atoms with van der Waals surface area (Å²) < 4.78 is 5.33. The lowest BCUT2D eigenvalue weighted by Crippen LogP contribution is -2.38. The summed E-state index contributed by atoms with van der Waals surface area (Å²) in [7, 11) is 0. The summed E-state index contributed by atoms with van der Waals surface area (Å²) in [5.41, 5.74) is 1.60. The van der Waals surface area contributed by atoms with Crippen molar-refractivity contribution in [3.05, 3.63) is 23.3 Å². The first kappa shape index (κ1) is 17.4. The molecule has 140 valence electrons. The Bertz CT molecular complexity index is 727. The fourth-order valence-electron chi connectivity index (χ4n) is 4.19. The van der Waals surface area contributed by atoms with E-state index in [0.29, 0.717) is 19.5 Å². The van der Waals surface area contributed by atoms with Gasteiger partial charge in [0.2, 0.25) is 5.91 Å². The van der Waals surface area contributed by atoms with E-state index < -0.39 is 5.60 Å². The number of cyclic esters (lactones) is 1. The number of carbonyl (C=O) groups is 2. The first-order valence-electron chi connectivity index (χ1n) is 9.50. The molecule has 0 radical (unpaired) electrons. The number of fused-ring (bicyclic) bond motifs is 1. The highest BCUT2D eigenvalue weighted by molar-refractivity contribution is 5.84. The van der Waals surface area contributed by atoms with Crippen molar-refractivity contribution in [2.24, 2.45) is 5.92 Å². The number of ether oxygens (including phenoxy) is 1. The molecule has 3 aliphatic heterocycles. The predicted octanol–water partition coefficient (Wildman–Crippen LogP) is 1.52. The van der Waals surface area contributed by atoms with E-state index >= 15 is 0 Å². The summed E-state index contributed by atoms with van der Waals surface area (Å²) in [5, 5.41) is 3.42. The zero-order valence-electron chi connectivity index (χ0n) is 15.5. The Balaban J connectivity index is 1.40. The van der Waals surface area contributed by atoms with Crippen LogP contribution in [0.15, 0.2) is 6.20 Å². The van der Waals surface area contributed by atoms with Crippen LogP contribution in [0.1, 0.15) is 62.7 Å². The number of esters is 1. The highest BCUT2D eigenvalue weighted by Gasteiger charge is 2.41. The summed E-state index contributed by atoms with van der Waals surface area (Å²) >= 11 is 0. The molecular formula is C19H26N4O3. The lowest BCUT2D eigenvalue weighted by molar-refractivity contribution is -0.150. The molecule has 2 atom stereocenters. The first-order valence-corrected chi connectivity index (χ1v) is 9.50. The summed E-state index contributed by atoms with van der Waals surface area (Å²) in [4.78, 5) is 35.7. The van der Waals surface area contributed by atoms with E-state index in [1.165, 1.54) is 0 Å². The lowest BCUT2D eigenvalue weighted by atomic mass is 9.94. The van der Waals surface area contributed by atoms with Crippen molar-refractivity contribution >= 4 is 11.9 Å². The molecule has 0 aromatic carbocycles. The van der Waals surface area contributed by atoms with E-state index in [1.807, 2.05) is 24.9 Å². The van der Waals surface area contributed by atoms with Crippen LogP contribution in [0.5, 0.6) is 0 Å². The molecule has 1 N–H and O–H groups in total. The molecule has 4 rings (SSSR count). The maximum absolute atomic E-state index is 12.7. The fourth-order valence-corrected chi connectivity index (χ4v) is 4.19. The van der Waals surface area contributed by atoms with E-state index in [2.05, 4.69) is 10.3 Å². The van der Waals surface area contributed by atoms with Crippen molar-refractivity contribution in [3.63, 3.8) is 0 Å². The third kappa shape index (κ3) is 3.45. The molecule has 2 saturated heterocycles. The SMILES string of the molecule is CC1(C)C[C@@H](CC(=O)N2CCc3nc([C@H]4CCCN4)ncc3C2)C(=O)O1. The summed E-state index contributed by atoms with van der Waals surface area (Å²) in [5.74, 6) is 0.303. The van der Waals surface area contributed by atoms with Crippen molar-refractivity contribution in [1.29, 1.82) is 0 Å². The van der Waals surface area contributed by atoms with Crippen LogP contribution < -0.4 is 5.32 Å². The maximum atomic E-state index is 12.7. The van der Waals surface area contributed by atoms with Gasteiger partial charge in [-0.2, -0.15) is 0 Å². The van der Waals surface area contributed by atoms with E-state index in [0.717, 1.165) is 42.9 Å². The second-order valence-corrected chi connectivity index (χ2v) is 8.20. The zero-order valence-corrected chi connectivity index (χ0v) is 15.5. The zero-order chi connectivity index (χ0) is 18.3. The highest BCUT2D eigenvalue weighted by Crippen LogP contribution is 2.33. The second kappa shape index (κ2) is 6.61. The number of carbonyl (C=O) groups excluding carboxylic acids is 2. The van der Waals surface area contributed by atoms with Gasteiger partial charge in [0.25, 0.3) is 0 Å². The number of hydrogen-bond donors (Lipinski definition) is 1. The summed E-state index contributed by atoms with van der Waals surface area (Å²) in [6.07, 6.45) is 5.67. The Morgan fingerprint density at radius 1 is 1.46 bits per heavy atom. The molecule has 1 aromatic heterocycles. The Kier molecular flexibility index (Phi) is 4.42. The average Bonchev–Trinajstić information content (AvgIpc) is 3.22. The van der Waals surface area contributed by atoms with Crippen molar-refractivity contribution in [2.45, 2.75) is 64.1 Å². The molecule has 0 spiro atoms. The molecule has 4 heterocycles. The Morgan fingerprint density at radius 2 is 2.31 bits per heavy atom. The predicted molar refractivity (Wildman–Crippen MR) is 94.0 cm³/mol. The minimum Gasteiger partial charge on any atom is -0.459 e. The molecule has 7 heteroatoms. The van der Waals surface area contributed by atoms with Crippen LogP contribution in [0, 0.1) is 5.92 Å². The normalized spacial score (nSPS) is 27.3. The third-order valence-corrected chi connectivity index (χ3v) is 5.55. The number of nitrogens with one attached hydrogen (secondary N) is 1. The molecule has 0 bridgehead atoms. The molecule has 1 amide bonds. The van der Waals surface area contributed by atoms with E-state index in [-0.39, 0.29) is 30.3 Å². The van der Waals surface area contributed by atoms with Crippen LogP contribution in [0.2, 0.25) is 0 Å². The van der Waals surface area contributed by atoms with Crippen LogP contribution in [0.4, 0.5) is 0 Å². The molecule has 1 aromatic rings. The van der Waals surface area contributed by atoms with Crippen LogP contribution in [-0.2, 0) is 27.3 Å².